The molecule has 0 radical (unpaired) electrons. The van der Waals surface area contributed by atoms with Gasteiger partial charge in [-0.3, -0.25) is 9.59 Å². The van der Waals surface area contributed by atoms with E-state index in [0.717, 1.165) is 37.4 Å². The first kappa shape index (κ1) is 18.5. The number of rotatable bonds is 5. The Bertz CT molecular complexity index is 858. The van der Waals surface area contributed by atoms with E-state index in [1.54, 1.807) is 24.3 Å². The molecule has 0 saturated carbocycles. The molecule has 0 bridgehead atoms. The van der Waals surface area contributed by atoms with Gasteiger partial charge in [-0.15, -0.1) is 0 Å². The van der Waals surface area contributed by atoms with Crippen molar-refractivity contribution in [2.75, 3.05) is 32.0 Å². The Hall–Kier alpha value is -2.86. The van der Waals surface area contributed by atoms with Crippen LogP contribution in [0.15, 0.2) is 48.5 Å². The molecule has 1 fully saturated rings. The van der Waals surface area contributed by atoms with Crippen LogP contribution in [-0.4, -0.2) is 49.5 Å². The number of amides is 2. The standard InChI is InChI=1S/C22H25N3O3/c1-23-13-15-9-10-25(14-15)22(27)17-6-4-7-18(11-17)24-21(26)20-12-16-5-2-3-8-19(16)28-20/h2-8,11,15,20,23H,9-10,12-14H2,1H3,(H,24,26). The minimum atomic E-state index is -0.544. The van der Waals surface area contributed by atoms with Gasteiger partial charge in [0.05, 0.1) is 0 Å². The van der Waals surface area contributed by atoms with Gasteiger partial charge in [-0.05, 0) is 55.8 Å². The lowest BCUT2D eigenvalue weighted by atomic mass is 10.1. The number of nitrogens with zero attached hydrogens (tertiary/aromatic N) is 1. The normalized spacial score (nSPS) is 20.5. The third-order valence-corrected chi connectivity index (χ3v) is 5.38. The van der Waals surface area contributed by atoms with Crippen LogP contribution in [0.3, 0.4) is 0 Å². The minimum Gasteiger partial charge on any atom is -0.480 e. The van der Waals surface area contributed by atoms with Crippen molar-refractivity contribution in [3.8, 4) is 5.75 Å². The number of para-hydroxylation sites is 1. The molecule has 4 rings (SSSR count). The highest BCUT2D eigenvalue weighted by molar-refractivity contribution is 5.98. The van der Waals surface area contributed by atoms with Crippen molar-refractivity contribution < 1.29 is 14.3 Å². The van der Waals surface area contributed by atoms with Crippen LogP contribution in [0, 0.1) is 5.92 Å². The zero-order chi connectivity index (χ0) is 19.5. The lowest BCUT2D eigenvalue weighted by molar-refractivity contribution is -0.122. The van der Waals surface area contributed by atoms with Crippen molar-refractivity contribution >= 4 is 17.5 Å². The maximum absolute atomic E-state index is 12.8. The van der Waals surface area contributed by atoms with E-state index in [4.69, 9.17) is 4.74 Å². The predicted octanol–water partition coefficient (Wildman–Crippen LogP) is 2.31. The zero-order valence-electron chi connectivity index (χ0n) is 16.0. The molecule has 146 valence electrons. The minimum absolute atomic E-state index is 0.0132. The fourth-order valence-corrected chi connectivity index (χ4v) is 3.94. The van der Waals surface area contributed by atoms with Gasteiger partial charge in [0.1, 0.15) is 5.75 Å². The van der Waals surface area contributed by atoms with Gasteiger partial charge in [-0.2, -0.15) is 0 Å². The lowest BCUT2D eigenvalue weighted by Crippen LogP contribution is -2.32. The lowest BCUT2D eigenvalue weighted by Gasteiger charge is -2.17. The molecule has 2 N–H and O–H groups in total. The first-order valence-electron chi connectivity index (χ1n) is 9.73. The first-order valence-corrected chi connectivity index (χ1v) is 9.73. The van der Waals surface area contributed by atoms with Gasteiger partial charge in [0.15, 0.2) is 6.10 Å². The number of ether oxygens (including phenoxy) is 1. The van der Waals surface area contributed by atoms with Crippen molar-refractivity contribution in [3.05, 3.63) is 59.7 Å². The molecule has 2 aromatic carbocycles. The average Bonchev–Trinajstić information content (AvgIpc) is 3.35. The number of benzene rings is 2. The summed E-state index contributed by atoms with van der Waals surface area (Å²) in [5.74, 6) is 1.07. The van der Waals surface area contributed by atoms with E-state index in [1.165, 1.54) is 0 Å². The molecule has 0 aromatic heterocycles. The second-order valence-electron chi connectivity index (χ2n) is 7.45. The van der Waals surface area contributed by atoms with Crippen molar-refractivity contribution in [2.45, 2.75) is 18.9 Å². The summed E-state index contributed by atoms with van der Waals surface area (Å²) in [5.41, 5.74) is 2.25. The van der Waals surface area contributed by atoms with Crippen LogP contribution in [0.4, 0.5) is 5.69 Å². The smallest absolute Gasteiger partial charge is 0.265 e. The molecule has 2 heterocycles. The molecule has 2 atom stereocenters. The summed E-state index contributed by atoms with van der Waals surface area (Å²) >= 11 is 0. The number of fused-ring (bicyclic) bond motifs is 1. The van der Waals surface area contributed by atoms with E-state index in [0.29, 0.717) is 23.6 Å². The molecule has 2 unspecified atom stereocenters. The summed E-state index contributed by atoms with van der Waals surface area (Å²) in [6, 6.07) is 14.8. The van der Waals surface area contributed by atoms with Crippen LogP contribution in [0.25, 0.3) is 0 Å². The largest absolute Gasteiger partial charge is 0.480 e. The number of hydrogen-bond donors (Lipinski definition) is 2. The van der Waals surface area contributed by atoms with Crippen molar-refractivity contribution in [3.63, 3.8) is 0 Å². The third-order valence-electron chi connectivity index (χ3n) is 5.38. The van der Waals surface area contributed by atoms with E-state index < -0.39 is 6.10 Å². The molecule has 0 aliphatic carbocycles. The number of likely N-dealkylation sites (tertiary alicyclic amines) is 1. The SMILES string of the molecule is CNCC1CCN(C(=O)c2cccc(NC(=O)C3Cc4ccccc4O3)c2)C1. The summed E-state index contributed by atoms with van der Waals surface area (Å²) in [5, 5.41) is 6.06. The second-order valence-corrected chi connectivity index (χ2v) is 7.45. The van der Waals surface area contributed by atoms with Crippen LogP contribution in [0.1, 0.15) is 22.3 Å². The Labute approximate surface area is 164 Å². The molecular formula is C22H25N3O3. The molecule has 0 spiro atoms. The molecule has 2 amide bonds. The zero-order valence-corrected chi connectivity index (χ0v) is 16.0. The topological polar surface area (TPSA) is 70.7 Å². The second kappa shape index (κ2) is 8.02. The third kappa shape index (κ3) is 3.87. The quantitative estimate of drug-likeness (QED) is 0.836. The number of carbonyl (C=O) groups excluding carboxylic acids is 2. The van der Waals surface area contributed by atoms with Crippen molar-refractivity contribution in [2.24, 2.45) is 5.92 Å². The molecule has 28 heavy (non-hydrogen) atoms. The summed E-state index contributed by atoms with van der Waals surface area (Å²) in [6.45, 7) is 2.46. The molecule has 2 aromatic rings. The Morgan fingerprint density at radius 1 is 1.18 bits per heavy atom. The highest BCUT2D eigenvalue weighted by atomic mass is 16.5. The van der Waals surface area contributed by atoms with Gasteiger partial charge in [-0.25, -0.2) is 0 Å². The van der Waals surface area contributed by atoms with Crippen molar-refractivity contribution in [1.82, 2.24) is 10.2 Å². The molecule has 2 aliphatic heterocycles. The molecular weight excluding hydrogens is 354 g/mol. The summed E-state index contributed by atoms with van der Waals surface area (Å²) in [6.07, 6.45) is 1.03. The van der Waals surface area contributed by atoms with Crippen LogP contribution in [-0.2, 0) is 11.2 Å². The van der Waals surface area contributed by atoms with E-state index in [-0.39, 0.29) is 11.8 Å². The molecule has 6 heteroatoms. The van der Waals surface area contributed by atoms with Crippen molar-refractivity contribution in [1.29, 1.82) is 0 Å². The van der Waals surface area contributed by atoms with E-state index >= 15 is 0 Å². The van der Waals surface area contributed by atoms with Gasteiger partial charge in [0, 0.05) is 30.8 Å². The maximum Gasteiger partial charge on any atom is 0.265 e. The molecule has 6 nitrogen and oxygen atoms in total. The van der Waals surface area contributed by atoms with Crippen LogP contribution >= 0.6 is 0 Å². The van der Waals surface area contributed by atoms with E-state index in [2.05, 4.69) is 10.6 Å². The van der Waals surface area contributed by atoms with Gasteiger partial charge >= 0.3 is 0 Å². The predicted molar refractivity (Wildman–Crippen MR) is 108 cm³/mol. The van der Waals surface area contributed by atoms with E-state index in [1.807, 2.05) is 36.2 Å². The average molecular weight is 379 g/mol. The van der Waals surface area contributed by atoms with Gasteiger partial charge in [0.2, 0.25) is 0 Å². The Morgan fingerprint density at radius 2 is 2.04 bits per heavy atom. The van der Waals surface area contributed by atoms with Crippen LogP contribution in [0.2, 0.25) is 0 Å². The van der Waals surface area contributed by atoms with Gasteiger partial charge < -0.3 is 20.3 Å². The summed E-state index contributed by atoms with van der Waals surface area (Å²) in [7, 11) is 1.93. The number of carbonyl (C=O) groups is 2. The Kier molecular flexibility index (Phi) is 5.30. The number of nitrogens with one attached hydrogen (secondary N) is 2. The van der Waals surface area contributed by atoms with Gasteiger partial charge in [0.25, 0.3) is 11.8 Å². The first-order chi connectivity index (χ1) is 13.6. The highest BCUT2D eigenvalue weighted by Gasteiger charge is 2.29. The highest BCUT2D eigenvalue weighted by Crippen LogP contribution is 2.29. The number of anilines is 1. The van der Waals surface area contributed by atoms with Crippen LogP contribution < -0.4 is 15.4 Å². The summed E-state index contributed by atoms with van der Waals surface area (Å²) < 4.78 is 5.74. The molecule has 1 saturated heterocycles. The Morgan fingerprint density at radius 3 is 2.86 bits per heavy atom. The van der Waals surface area contributed by atoms with E-state index in [9.17, 15) is 9.59 Å². The summed E-state index contributed by atoms with van der Waals surface area (Å²) in [4.78, 5) is 27.3. The maximum atomic E-state index is 12.8. The van der Waals surface area contributed by atoms with Crippen LogP contribution in [0.5, 0.6) is 5.75 Å². The fraction of sp³-hybridized carbons (Fsp3) is 0.364. The number of hydrogen-bond acceptors (Lipinski definition) is 4. The molecule has 2 aliphatic rings. The Balaban J connectivity index is 1.39. The van der Waals surface area contributed by atoms with Gasteiger partial charge in [-0.1, -0.05) is 24.3 Å². The monoisotopic (exact) mass is 379 g/mol. The fourth-order valence-electron chi connectivity index (χ4n) is 3.94.